The zero-order chi connectivity index (χ0) is 11.4. The third kappa shape index (κ3) is 2.71. The predicted molar refractivity (Wildman–Crippen MR) is 62.5 cm³/mol. The zero-order valence-corrected chi connectivity index (χ0v) is 9.59. The molecule has 4 nitrogen and oxygen atoms in total. The van der Waals surface area contributed by atoms with Crippen molar-refractivity contribution in [2.45, 2.75) is 19.4 Å². The van der Waals surface area contributed by atoms with E-state index in [1.165, 1.54) is 0 Å². The van der Waals surface area contributed by atoms with Gasteiger partial charge in [0.25, 0.3) is 0 Å². The zero-order valence-electron chi connectivity index (χ0n) is 9.59. The van der Waals surface area contributed by atoms with Crippen LogP contribution in [0.3, 0.4) is 0 Å². The summed E-state index contributed by atoms with van der Waals surface area (Å²) in [4.78, 5) is 6.52. The summed E-state index contributed by atoms with van der Waals surface area (Å²) in [5.41, 5.74) is 1.82. The molecule has 1 aliphatic rings. The minimum absolute atomic E-state index is 0.499. The Morgan fingerprint density at radius 3 is 2.94 bits per heavy atom. The second-order valence-corrected chi connectivity index (χ2v) is 4.07. The maximum atomic E-state index is 9.37. The highest BCUT2D eigenvalue weighted by molar-refractivity contribution is 5.44. The van der Waals surface area contributed by atoms with Crippen molar-refractivity contribution in [1.29, 1.82) is 0 Å². The Morgan fingerprint density at radius 1 is 1.38 bits per heavy atom. The van der Waals surface area contributed by atoms with E-state index >= 15 is 0 Å². The molecule has 1 unspecified atom stereocenters. The standard InChI is InChI=1S/C12H18N2O2/c1-10(15)12-4-3-11(9-13-12)14-5-2-7-16-8-6-14/h3-4,9-10,15H,2,5-8H2,1H3. The van der Waals surface area contributed by atoms with Crippen molar-refractivity contribution in [2.24, 2.45) is 0 Å². The van der Waals surface area contributed by atoms with Gasteiger partial charge in [-0.05, 0) is 25.5 Å². The van der Waals surface area contributed by atoms with Crippen LogP contribution in [0.4, 0.5) is 5.69 Å². The van der Waals surface area contributed by atoms with E-state index in [9.17, 15) is 5.11 Å². The molecule has 0 aromatic carbocycles. The molecule has 2 heterocycles. The van der Waals surface area contributed by atoms with E-state index in [2.05, 4.69) is 9.88 Å². The highest BCUT2D eigenvalue weighted by Gasteiger charge is 2.10. The van der Waals surface area contributed by atoms with Crippen LogP contribution in [-0.4, -0.2) is 36.4 Å². The average Bonchev–Trinajstić information content (AvgIpc) is 2.57. The maximum Gasteiger partial charge on any atom is 0.0931 e. The molecule has 0 bridgehead atoms. The monoisotopic (exact) mass is 222 g/mol. The number of pyridine rings is 1. The van der Waals surface area contributed by atoms with Crippen molar-refractivity contribution in [3.63, 3.8) is 0 Å². The summed E-state index contributed by atoms with van der Waals surface area (Å²) in [5.74, 6) is 0. The summed E-state index contributed by atoms with van der Waals surface area (Å²) >= 11 is 0. The van der Waals surface area contributed by atoms with Crippen molar-refractivity contribution < 1.29 is 9.84 Å². The number of hydrogen-bond donors (Lipinski definition) is 1. The Hall–Kier alpha value is -1.13. The smallest absolute Gasteiger partial charge is 0.0931 e. The summed E-state index contributed by atoms with van der Waals surface area (Å²) < 4.78 is 5.41. The van der Waals surface area contributed by atoms with Gasteiger partial charge in [-0.15, -0.1) is 0 Å². The first-order valence-electron chi connectivity index (χ1n) is 5.74. The quantitative estimate of drug-likeness (QED) is 0.820. The molecule has 1 aliphatic heterocycles. The van der Waals surface area contributed by atoms with Gasteiger partial charge in [0.15, 0.2) is 0 Å². The normalized spacial score (nSPS) is 19.2. The number of aromatic nitrogens is 1. The van der Waals surface area contributed by atoms with Crippen LogP contribution < -0.4 is 4.90 Å². The van der Waals surface area contributed by atoms with Gasteiger partial charge in [-0.2, -0.15) is 0 Å². The van der Waals surface area contributed by atoms with Crippen LogP contribution in [0.25, 0.3) is 0 Å². The third-order valence-electron chi connectivity index (χ3n) is 2.79. The summed E-state index contributed by atoms with van der Waals surface area (Å²) in [6, 6.07) is 3.89. The molecule has 16 heavy (non-hydrogen) atoms. The predicted octanol–water partition coefficient (Wildman–Crippen LogP) is 1.36. The van der Waals surface area contributed by atoms with Gasteiger partial charge in [0.05, 0.1) is 30.3 Å². The Balaban J connectivity index is 2.07. The lowest BCUT2D eigenvalue weighted by Gasteiger charge is -2.21. The van der Waals surface area contributed by atoms with Crippen molar-refractivity contribution >= 4 is 5.69 Å². The van der Waals surface area contributed by atoms with E-state index in [0.29, 0.717) is 0 Å². The minimum atomic E-state index is -0.499. The highest BCUT2D eigenvalue weighted by Crippen LogP contribution is 2.17. The number of aliphatic hydroxyl groups is 1. The first kappa shape index (κ1) is 11.4. The van der Waals surface area contributed by atoms with Crippen molar-refractivity contribution in [3.8, 4) is 0 Å². The highest BCUT2D eigenvalue weighted by atomic mass is 16.5. The van der Waals surface area contributed by atoms with E-state index in [-0.39, 0.29) is 0 Å². The molecular formula is C12H18N2O2. The molecule has 1 N–H and O–H groups in total. The number of aliphatic hydroxyl groups excluding tert-OH is 1. The Kier molecular flexibility index (Phi) is 3.74. The number of rotatable bonds is 2. The molecule has 2 rings (SSSR count). The second kappa shape index (κ2) is 5.27. The van der Waals surface area contributed by atoms with E-state index in [4.69, 9.17) is 4.74 Å². The van der Waals surface area contributed by atoms with Gasteiger partial charge >= 0.3 is 0 Å². The first-order valence-corrected chi connectivity index (χ1v) is 5.74. The molecule has 1 saturated heterocycles. The third-order valence-corrected chi connectivity index (χ3v) is 2.79. The summed E-state index contributed by atoms with van der Waals surface area (Å²) in [6.45, 7) is 5.26. The minimum Gasteiger partial charge on any atom is -0.387 e. The molecule has 1 aromatic heterocycles. The lowest BCUT2D eigenvalue weighted by atomic mass is 10.2. The lowest BCUT2D eigenvalue weighted by Crippen LogP contribution is -2.25. The fourth-order valence-electron chi connectivity index (χ4n) is 1.84. The van der Waals surface area contributed by atoms with Crippen LogP contribution in [0, 0.1) is 0 Å². The summed E-state index contributed by atoms with van der Waals surface area (Å²) in [7, 11) is 0. The topological polar surface area (TPSA) is 45.6 Å². The molecule has 88 valence electrons. The van der Waals surface area contributed by atoms with Crippen LogP contribution in [0.1, 0.15) is 25.1 Å². The van der Waals surface area contributed by atoms with Crippen LogP contribution >= 0.6 is 0 Å². The van der Waals surface area contributed by atoms with Crippen molar-refractivity contribution in [1.82, 2.24) is 4.98 Å². The molecule has 0 aliphatic carbocycles. The number of anilines is 1. The van der Waals surface area contributed by atoms with Gasteiger partial charge in [-0.3, -0.25) is 4.98 Å². The molecule has 1 atom stereocenters. The van der Waals surface area contributed by atoms with Crippen molar-refractivity contribution in [2.75, 3.05) is 31.2 Å². The Bertz CT molecular complexity index is 316. The van der Waals surface area contributed by atoms with E-state index in [1.807, 2.05) is 18.3 Å². The van der Waals surface area contributed by atoms with Gasteiger partial charge < -0.3 is 14.7 Å². The molecule has 0 radical (unpaired) electrons. The average molecular weight is 222 g/mol. The first-order chi connectivity index (χ1) is 7.77. The van der Waals surface area contributed by atoms with Gasteiger partial charge in [0, 0.05) is 19.7 Å². The number of ether oxygens (including phenoxy) is 1. The van der Waals surface area contributed by atoms with Gasteiger partial charge in [-0.25, -0.2) is 0 Å². The molecule has 0 amide bonds. The molecule has 0 spiro atoms. The van der Waals surface area contributed by atoms with Gasteiger partial charge in [0.2, 0.25) is 0 Å². The van der Waals surface area contributed by atoms with Gasteiger partial charge in [-0.1, -0.05) is 0 Å². The molecule has 0 saturated carbocycles. The van der Waals surface area contributed by atoms with E-state index in [0.717, 1.165) is 44.1 Å². The second-order valence-electron chi connectivity index (χ2n) is 4.07. The largest absolute Gasteiger partial charge is 0.387 e. The van der Waals surface area contributed by atoms with Gasteiger partial charge in [0.1, 0.15) is 0 Å². The van der Waals surface area contributed by atoms with Crippen LogP contribution in [0.2, 0.25) is 0 Å². The van der Waals surface area contributed by atoms with Crippen molar-refractivity contribution in [3.05, 3.63) is 24.0 Å². The van der Waals surface area contributed by atoms with Crippen LogP contribution in [0.5, 0.6) is 0 Å². The molecule has 1 aromatic rings. The number of hydrogen-bond acceptors (Lipinski definition) is 4. The Morgan fingerprint density at radius 2 is 2.25 bits per heavy atom. The summed E-state index contributed by atoms with van der Waals surface area (Å²) in [5, 5.41) is 9.37. The van der Waals surface area contributed by atoms with E-state index in [1.54, 1.807) is 6.92 Å². The Labute approximate surface area is 95.9 Å². The van der Waals surface area contributed by atoms with Crippen LogP contribution in [-0.2, 0) is 4.74 Å². The summed E-state index contributed by atoms with van der Waals surface area (Å²) in [6.07, 6.45) is 2.38. The molecule has 4 heteroatoms. The molecular weight excluding hydrogens is 204 g/mol. The molecule has 1 fully saturated rings. The fraction of sp³-hybridized carbons (Fsp3) is 0.583. The SMILES string of the molecule is CC(O)c1ccc(N2CCCOCC2)cn1. The lowest BCUT2D eigenvalue weighted by molar-refractivity contribution is 0.152. The number of nitrogens with zero attached hydrogens (tertiary/aromatic N) is 2. The van der Waals surface area contributed by atoms with Crippen LogP contribution in [0.15, 0.2) is 18.3 Å². The maximum absolute atomic E-state index is 9.37. The fourth-order valence-corrected chi connectivity index (χ4v) is 1.84. The van der Waals surface area contributed by atoms with E-state index < -0.39 is 6.10 Å².